The van der Waals surface area contributed by atoms with E-state index in [0.717, 1.165) is 37.2 Å². The first kappa shape index (κ1) is 30.3. The molecule has 1 aliphatic rings. The molecule has 1 fully saturated rings. The Bertz CT molecular complexity index is 1500. The number of piperidine rings is 1. The van der Waals surface area contributed by atoms with Crippen molar-refractivity contribution in [1.82, 2.24) is 0 Å². The molecule has 0 radical (unpaired) electrons. The third-order valence-electron chi connectivity index (χ3n) is 8.01. The Hall–Kier alpha value is -4.20. The largest absolute Gasteiger partial charge is 0.493 e. The van der Waals surface area contributed by atoms with Gasteiger partial charge in [0.15, 0.2) is 11.6 Å². The number of benzene rings is 4. The third-order valence-corrected chi connectivity index (χ3v) is 8.01. The molecule has 5 rings (SSSR count). The van der Waals surface area contributed by atoms with Crippen LogP contribution in [-0.4, -0.2) is 37.7 Å². The van der Waals surface area contributed by atoms with Gasteiger partial charge in [-0.05, 0) is 98.3 Å². The fraction of sp³-hybridized carbons (Fsp3) is 0.306. The molecule has 4 aromatic rings. The van der Waals surface area contributed by atoms with E-state index >= 15 is 0 Å². The number of rotatable bonds is 12. The van der Waals surface area contributed by atoms with E-state index in [0.29, 0.717) is 48.0 Å². The molecule has 1 saturated heterocycles. The second kappa shape index (κ2) is 13.8. The molecule has 0 amide bonds. The summed E-state index contributed by atoms with van der Waals surface area (Å²) in [5, 5.41) is 10.3. The second-order valence-corrected chi connectivity index (χ2v) is 11.1. The van der Waals surface area contributed by atoms with Crippen LogP contribution in [0.4, 0.5) is 10.1 Å². The quantitative estimate of drug-likeness (QED) is 0.137. The fourth-order valence-electron chi connectivity index (χ4n) is 5.21. The highest BCUT2D eigenvalue weighted by Gasteiger charge is 2.23. The lowest BCUT2D eigenvalue weighted by molar-refractivity contribution is -0.179. The topological polar surface area (TPSA) is 68.2 Å². The SMILES string of the molecule is COC(C)(O)c1cccc(OCC2CCN(c3ccc(CCC(=O)c4cccc(Oc5ccc(F)cc5)c4)cc3)CC2)c1. The zero-order chi connectivity index (χ0) is 30.2. The van der Waals surface area contributed by atoms with Crippen LogP contribution in [0.5, 0.6) is 17.2 Å². The molecule has 0 aliphatic carbocycles. The maximum Gasteiger partial charge on any atom is 0.189 e. The van der Waals surface area contributed by atoms with Crippen LogP contribution in [0.25, 0.3) is 0 Å². The zero-order valence-corrected chi connectivity index (χ0v) is 24.7. The fourth-order valence-corrected chi connectivity index (χ4v) is 5.21. The minimum absolute atomic E-state index is 0.0497. The highest BCUT2D eigenvalue weighted by molar-refractivity contribution is 5.96. The Labute approximate surface area is 252 Å². The summed E-state index contributed by atoms with van der Waals surface area (Å²) in [6.45, 7) is 4.17. The van der Waals surface area contributed by atoms with Gasteiger partial charge in [0, 0.05) is 43.4 Å². The highest BCUT2D eigenvalue weighted by atomic mass is 19.1. The van der Waals surface area contributed by atoms with Crippen LogP contribution in [0.3, 0.4) is 0 Å². The van der Waals surface area contributed by atoms with E-state index in [1.807, 2.05) is 24.3 Å². The van der Waals surface area contributed by atoms with E-state index < -0.39 is 5.79 Å². The number of hydrogen-bond donors (Lipinski definition) is 1. The standard InChI is InChI=1S/C36H38FNO5/c1-36(40,41-2)29-6-4-7-33(24-29)42-25-27-19-21-38(22-20-27)31-14-9-26(10-15-31)11-18-35(39)28-5-3-8-34(23-28)43-32-16-12-30(37)13-17-32/h3-10,12-17,23-24,27,40H,11,18-22,25H2,1-2H3. The maximum atomic E-state index is 13.2. The first-order valence-corrected chi connectivity index (χ1v) is 14.7. The summed E-state index contributed by atoms with van der Waals surface area (Å²) in [7, 11) is 1.48. The van der Waals surface area contributed by atoms with Crippen LogP contribution in [0, 0.1) is 11.7 Å². The van der Waals surface area contributed by atoms with Gasteiger partial charge in [-0.15, -0.1) is 0 Å². The summed E-state index contributed by atoms with van der Waals surface area (Å²) in [6, 6.07) is 28.8. The van der Waals surface area contributed by atoms with Gasteiger partial charge in [0.05, 0.1) is 6.61 Å². The van der Waals surface area contributed by atoms with Gasteiger partial charge in [0.1, 0.15) is 23.1 Å². The van der Waals surface area contributed by atoms with Crippen molar-refractivity contribution in [3.63, 3.8) is 0 Å². The molecule has 1 atom stereocenters. The number of carbonyl (C=O) groups is 1. The van der Waals surface area contributed by atoms with Gasteiger partial charge >= 0.3 is 0 Å². The Morgan fingerprint density at radius 1 is 0.907 bits per heavy atom. The van der Waals surface area contributed by atoms with Crippen LogP contribution in [0.1, 0.15) is 47.7 Å². The van der Waals surface area contributed by atoms with Crippen molar-refractivity contribution < 1.29 is 28.5 Å². The molecule has 1 N–H and O–H groups in total. The minimum atomic E-state index is -1.34. The Morgan fingerprint density at radius 3 is 2.33 bits per heavy atom. The van der Waals surface area contributed by atoms with Crippen LogP contribution in [0.2, 0.25) is 0 Å². The van der Waals surface area contributed by atoms with Crippen molar-refractivity contribution in [2.75, 3.05) is 31.7 Å². The van der Waals surface area contributed by atoms with Crippen LogP contribution >= 0.6 is 0 Å². The molecular weight excluding hydrogens is 545 g/mol. The van der Waals surface area contributed by atoms with Crippen molar-refractivity contribution in [2.45, 2.75) is 38.4 Å². The number of carbonyl (C=O) groups excluding carboxylic acids is 1. The summed E-state index contributed by atoms with van der Waals surface area (Å²) >= 11 is 0. The summed E-state index contributed by atoms with van der Waals surface area (Å²) in [5.41, 5.74) is 3.57. The van der Waals surface area contributed by atoms with Gasteiger partial charge in [0.2, 0.25) is 0 Å². The number of ether oxygens (including phenoxy) is 3. The number of ketones is 1. The van der Waals surface area contributed by atoms with Gasteiger partial charge in [-0.25, -0.2) is 4.39 Å². The number of hydrogen-bond acceptors (Lipinski definition) is 6. The monoisotopic (exact) mass is 583 g/mol. The Morgan fingerprint density at radius 2 is 1.60 bits per heavy atom. The smallest absolute Gasteiger partial charge is 0.189 e. The molecule has 1 unspecified atom stereocenters. The lowest BCUT2D eigenvalue weighted by Gasteiger charge is -2.33. The predicted octanol–water partition coefficient (Wildman–Crippen LogP) is 7.54. The molecule has 224 valence electrons. The van der Waals surface area contributed by atoms with E-state index in [2.05, 4.69) is 29.2 Å². The number of Topliss-reactive ketones (excluding diaryl/α,β-unsaturated/α-hetero) is 1. The number of aliphatic hydroxyl groups is 1. The number of halogens is 1. The third kappa shape index (κ3) is 8.21. The molecule has 1 heterocycles. The van der Waals surface area contributed by atoms with Crippen LogP contribution in [0.15, 0.2) is 97.1 Å². The van der Waals surface area contributed by atoms with Crippen molar-refractivity contribution in [3.05, 3.63) is 120 Å². The number of anilines is 1. The number of aryl methyl sites for hydroxylation is 1. The molecule has 0 spiro atoms. The molecular formula is C36H38FNO5. The maximum absolute atomic E-state index is 13.2. The highest BCUT2D eigenvalue weighted by Crippen LogP contribution is 2.28. The molecule has 6 nitrogen and oxygen atoms in total. The lowest BCUT2D eigenvalue weighted by Crippen LogP contribution is -2.35. The van der Waals surface area contributed by atoms with Gasteiger partial charge in [0.25, 0.3) is 0 Å². The number of methoxy groups -OCH3 is 1. The second-order valence-electron chi connectivity index (χ2n) is 11.1. The van der Waals surface area contributed by atoms with Gasteiger partial charge < -0.3 is 24.2 Å². The summed E-state index contributed by atoms with van der Waals surface area (Å²) < 4.78 is 30.2. The molecule has 4 aromatic carbocycles. The minimum Gasteiger partial charge on any atom is -0.493 e. The van der Waals surface area contributed by atoms with Crippen LogP contribution in [-0.2, 0) is 16.9 Å². The molecule has 1 aliphatic heterocycles. The van der Waals surface area contributed by atoms with Crippen molar-refractivity contribution in [1.29, 1.82) is 0 Å². The molecule has 0 saturated carbocycles. The van der Waals surface area contributed by atoms with E-state index in [4.69, 9.17) is 14.2 Å². The molecule has 7 heteroatoms. The summed E-state index contributed by atoms with van der Waals surface area (Å²) in [6.07, 6.45) is 3.13. The van der Waals surface area contributed by atoms with Crippen molar-refractivity contribution >= 4 is 11.5 Å². The van der Waals surface area contributed by atoms with Gasteiger partial charge in [-0.1, -0.05) is 36.4 Å². The first-order valence-electron chi connectivity index (χ1n) is 14.7. The van der Waals surface area contributed by atoms with Crippen molar-refractivity contribution in [2.24, 2.45) is 5.92 Å². The molecule has 0 aromatic heterocycles. The molecule has 43 heavy (non-hydrogen) atoms. The van der Waals surface area contributed by atoms with Crippen molar-refractivity contribution in [3.8, 4) is 17.2 Å². The predicted molar refractivity (Wildman–Crippen MR) is 165 cm³/mol. The Balaban J connectivity index is 1.07. The average Bonchev–Trinajstić information content (AvgIpc) is 3.04. The van der Waals surface area contributed by atoms with E-state index in [1.165, 1.54) is 24.9 Å². The zero-order valence-electron chi connectivity index (χ0n) is 24.7. The molecule has 0 bridgehead atoms. The van der Waals surface area contributed by atoms with Gasteiger partial charge in [-0.3, -0.25) is 4.79 Å². The lowest BCUT2D eigenvalue weighted by atomic mass is 9.97. The van der Waals surface area contributed by atoms with Crippen LogP contribution < -0.4 is 14.4 Å². The average molecular weight is 584 g/mol. The Kier molecular flexibility index (Phi) is 9.75. The van der Waals surface area contributed by atoms with E-state index in [-0.39, 0.29) is 11.6 Å². The summed E-state index contributed by atoms with van der Waals surface area (Å²) in [5.74, 6) is 0.642. The first-order chi connectivity index (χ1) is 20.8. The van der Waals surface area contributed by atoms with E-state index in [1.54, 1.807) is 43.3 Å². The van der Waals surface area contributed by atoms with E-state index in [9.17, 15) is 14.3 Å². The van der Waals surface area contributed by atoms with Gasteiger partial charge in [-0.2, -0.15) is 0 Å². The number of nitrogens with zero attached hydrogens (tertiary/aromatic N) is 1. The normalized spacial score (nSPS) is 15.1. The summed E-state index contributed by atoms with van der Waals surface area (Å²) in [4.78, 5) is 15.3.